The molecule has 0 atom stereocenters. The van der Waals surface area contributed by atoms with Crippen LogP contribution in [0.4, 0.5) is 0 Å². The molecular formula is C24H14BNS. The summed E-state index contributed by atoms with van der Waals surface area (Å²) in [4.78, 5) is 0. The number of hydrogen-bond acceptors (Lipinski definition) is 1. The Morgan fingerprint density at radius 2 is 1.41 bits per heavy atom. The van der Waals surface area contributed by atoms with Gasteiger partial charge in [-0.25, -0.2) is 0 Å². The van der Waals surface area contributed by atoms with E-state index in [0.29, 0.717) is 0 Å². The minimum absolute atomic E-state index is 0.840. The molecule has 0 aliphatic heterocycles. The number of aromatic nitrogens is 1. The Morgan fingerprint density at radius 3 is 2.26 bits per heavy atom. The van der Waals surface area contributed by atoms with E-state index in [1.165, 1.54) is 36.6 Å². The van der Waals surface area contributed by atoms with Gasteiger partial charge < -0.3 is 4.57 Å². The minimum Gasteiger partial charge on any atom is -0.308 e. The van der Waals surface area contributed by atoms with Crippen LogP contribution in [0.5, 0.6) is 0 Å². The summed E-state index contributed by atoms with van der Waals surface area (Å²) in [6.07, 6.45) is 0. The highest BCUT2D eigenvalue weighted by Crippen LogP contribution is 2.41. The highest BCUT2D eigenvalue weighted by molar-refractivity contribution is 7.26. The maximum atomic E-state index is 6.62. The quantitative estimate of drug-likeness (QED) is 0.320. The van der Waals surface area contributed by atoms with Crippen molar-refractivity contribution in [2.75, 3.05) is 0 Å². The summed E-state index contributed by atoms with van der Waals surface area (Å²) in [5.74, 6) is 0. The van der Waals surface area contributed by atoms with Gasteiger partial charge >= 0.3 is 0 Å². The van der Waals surface area contributed by atoms with Crippen molar-refractivity contribution >= 4 is 66.6 Å². The van der Waals surface area contributed by atoms with E-state index in [0.717, 1.165) is 16.5 Å². The van der Waals surface area contributed by atoms with Crippen molar-refractivity contribution in [2.45, 2.75) is 0 Å². The first-order valence-corrected chi connectivity index (χ1v) is 9.83. The first kappa shape index (κ1) is 15.1. The Morgan fingerprint density at radius 1 is 0.704 bits per heavy atom. The fourth-order valence-corrected chi connectivity index (χ4v) is 5.43. The minimum atomic E-state index is 0.840. The number of benzene rings is 4. The van der Waals surface area contributed by atoms with E-state index in [1.807, 2.05) is 11.3 Å². The third kappa shape index (κ3) is 2.00. The summed E-state index contributed by atoms with van der Waals surface area (Å²) in [6, 6.07) is 29.8. The lowest BCUT2D eigenvalue weighted by Gasteiger charge is -2.09. The molecule has 6 aromatic rings. The molecular weight excluding hydrogens is 345 g/mol. The van der Waals surface area contributed by atoms with Gasteiger partial charge in [0, 0.05) is 31.9 Å². The van der Waals surface area contributed by atoms with Crippen LogP contribution in [0.2, 0.25) is 0 Å². The van der Waals surface area contributed by atoms with E-state index in [-0.39, 0.29) is 0 Å². The summed E-state index contributed by atoms with van der Waals surface area (Å²) in [5, 5.41) is 4.86. The van der Waals surface area contributed by atoms with E-state index in [1.54, 1.807) is 0 Å². The van der Waals surface area contributed by atoms with Crippen molar-refractivity contribution in [2.24, 2.45) is 0 Å². The predicted molar refractivity (Wildman–Crippen MR) is 119 cm³/mol. The average molecular weight is 359 g/mol. The third-order valence-corrected chi connectivity index (χ3v) is 6.52. The number of thiophene rings is 1. The Kier molecular flexibility index (Phi) is 3.06. The van der Waals surface area contributed by atoms with Crippen molar-refractivity contribution in [3.05, 3.63) is 84.9 Å². The molecule has 0 spiro atoms. The van der Waals surface area contributed by atoms with Gasteiger partial charge in [-0.3, -0.25) is 0 Å². The van der Waals surface area contributed by atoms with E-state index >= 15 is 0 Å². The smallest absolute Gasteiger partial charge is 0.114 e. The molecule has 0 bridgehead atoms. The van der Waals surface area contributed by atoms with Gasteiger partial charge in [0.25, 0.3) is 0 Å². The fraction of sp³-hybridized carbons (Fsp3) is 0. The van der Waals surface area contributed by atoms with Crippen LogP contribution in [0, 0.1) is 0 Å². The van der Waals surface area contributed by atoms with Crippen LogP contribution in [0.25, 0.3) is 47.7 Å². The molecule has 2 heterocycles. The fourth-order valence-electron chi connectivity index (χ4n) is 4.20. The average Bonchev–Trinajstić information content (AvgIpc) is 3.25. The van der Waals surface area contributed by atoms with Crippen LogP contribution in [0.15, 0.2) is 84.9 Å². The van der Waals surface area contributed by atoms with Crippen molar-refractivity contribution in [1.82, 2.24) is 4.57 Å². The zero-order valence-corrected chi connectivity index (χ0v) is 15.3. The normalized spacial score (nSPS) is 11.9. The number of para-hydroxylation sites is 2. The van der Waals surface area contributed by atoms with Crippen LogP contribution in [-0.2, 0) is 0 Å². The SMILES string of the molecule is [B]c1cc2c3ccccc3sc2c2c1c1ccccc1n2-c1ccccc1. The van der Waals surface area contributed by atoms with E-state index in [9.17, 15) is 0 Å². The summed E-state index contributed by atoms with van der Waals surface area (Å²) in [7, 11) is 6.62. The molecule has 0 N–H and O–H groups in total. The first-order chi connectivity index (χ1) is 13.3. The van der Waals surface area contributed by atoms with E-state index in [4.69, 9.17) is 7.85 Å². The first-order valence-electron chi connectivity index (χ1n) is 9.01. The van der Waals surface area contributed by atoms with Crippen LogP contribution in [0.1, 0.15) is 0 Å². The second-order valence-electron chi connectivity index (χ2n) is 6.85. The van der Waals surface area contributed by atoms with Crippen LogP contribution >= 0.6 is 11.3 Å². The molecule has 2 radical (unpaired) electrons. The molecule has 6 rings (SSSR count). The maximum absolute atomic E-state index is 6.62. The second kappa shape index (κ2) is 5.48. The zero-order valence-electron chi connectivity index (χ0n) is 14.5. The van der Waals surface area contributed by atoms with Crippen LogP contribution in [-0.4, -0.2) is 12.4 Å². The van der Waals surface area contributed by atoms with Gasteiger partial charge in [0.15, 0.2) is 0 Å². The Balaban J connectivity index is 1.96. The van der Waals surface area contributed by atoms with Crippen molar-refractivity contribution < 1.29 is 0 Å². The zero-order chi connectivity index (χ0) is 18.0. The predicted octanol–water partition coefficient (Wildman–Crippen LogP) is 5.95. The van der Waals surface area contributed by atoms with Crippen molar-refractivity contribution in [1.29, 1.82) is 0 Å². The standard InChI is InChI=1S/C24H14BNS/c25-19-14-18-16-10-5-7-13-21(16)27-24(18)23-22(19)17-11-4-6-12-20(17)26(23)15-8-2-1-3-9-15/h1-14H. The highest BCUT2D eigenvalue weighted by atomic mass is 32.1. The summed E-state index contributed by atoms with van der Waals surface area (Å²) >= 11 is 1.85. The molecule has 27 heavy (non-hydrogen) atoms. The monoisotopic (exact) mass is 359 g/mol. The van der Waals surface area contributed by atoms with Crippen molar-refractivity contribution in [3.8, 4) is 5.69 Å². The molecule has 0 unspecified atom stereocenters. The van der Waals surface area contributed by atoms with Crippen LogP contribution in [0.3, 0.4) is 0 Å². The largest absolute Gasteiger partial charge is 0.308 e. The van der Waals surface area contributed by atoms with Gasteiger partial charge in [-0.15, -0.1) is 11.3 Å². The van der Waals surface area contributed by atoms with Crippen molar-refractivity contribution in [3.63, 3.8) is 0 Å². The van der Waals surface area contributed by atoms with E-state index in [2.05, 4.69) is 89.5 Å². The number of nitrogens with zero attached hydrogens (tertiary/aromatic N) is 1. The van der Waals surface area contributed by atoms with Gasteiger partial charge in [-0.05, 0) is 24.3 Å². The summed E-state index contributed by atoms with van der Waals surface area (Å²) in [5.41, 5.74) is 4.40. The molecule has 0 saturated heterocycles. The van der Waals surface area contributed by atoms with Gasteiger partial charge in [0.05, 0.1) is 15.7 Å². The molecule has 1 nitrogen and oxygen atoms in total. The molecule has 0 amide bonds. The third-order valence-electron chi connectivity index (χ3n) is 5.33. The molecule has 0 aliphatic rings. The van der Waals surface area contributed by atoms with Gasteiger partial charge in [0.1, 0.15) is 7.85 Å². The molecule has 4 aromatic carbocycles. The van der Waals surface area contributed by atoms with Gasteiger partial charge in [-0.1, -0.05) is 66.1 Å². The Hall–Kier alpha value is -3.04. The second-order valence-corrected chi connectivity index (χ2v) is 7.90. The maximum Gasteiger partial charge on any atom is 0.114 e. The summed E-state index contributed by atoms with van der Waals surface area (Å²) in [6.45, 7) is 0. The lowest BCUT2D eigenvalue weighted by Crippen LogP contribution is -2.03. The molecule has 124 valence electrons. The number of rotatable bonds is 1. The number of hydrogen-bond donors (Lipinski definition) is 0. The molecule has 3 heteroatoms. The molecule has 0 aliphatic carbocycles. The molecule has 0 saturated carbocycles. The van der Waals surface area contributed by atoms with Gasteiger partial charge in [-0.2, -0.15) is 0 Å². The lowest BCUT2D eigenvalue weighted by molar-refractivity contribution is 1.19. The molecule has 2 aromatic heterocycles. The van der Waals surface area contributed by atoms with E-state index < -0.39 is 0 Å². The lowest BCUT2D eigenvalue weighted by atomic mass is 9.89. The highest BCUT2D eigenvalue weighted by Gasteiger charge is 2.18. The Bertz CT molecular complexity index is 1470. The topological polar surface area (TPSA) is 4.93 Å². The molecule has 0 fully saturated rings. The number of fused-ring (bicyclic) bond motifs is 7. The Labute approximate surface area is 161 Å². The van der Waals surface area contributed by atoms with Crippen LogP contribution < -0.4 is 5.46 Å². The summed E-state index contributed by atoms with van der Waals surface area (Å²) < 4.78 is 4.95. The van der Waals surface area contributed by atoms with Gasteiger partial charge in [0.2, 0.25) is 0 Å².